The van der Waals surface area contributed by atoms with E-state index < -0.39 is 0 Å². The lowest BCUT2D eigenvalue weighted by molar-refractivity contribution is -0.130. The Balaban J connectivity index is 1.40. The summed E-state index contributed by atoms with van der Waals surface area (Å²) in [4.78, 5) is 23.5. The number of pyridine rings is 1. The van der Waals surface area contributed by atoms with Crippen LogP contribution in [0.5, 0.6) is 0 Å². The molecular formula is C18H29N5O. The molecule has 0 radical (unpaired) electrons. The van der Waals surface area contributed by atoms with Crippen molar-refractivity contribution in [3.8, 4) is 0 Å². The highest BCUT2D eigenvalue weighted by molar-refractivity contribution is 5.76. The number of rotatable bonds is 5. The molecule has 6 heteroatoms. The van der Waals surface area contributed by atoms with Crippen molar-refractivity contribution in [1.82, 2.24) is 14.8 Å². The number of likely N-dealkylation sites (tertiary alicyclic amines) is 1. The molecule has 3 rings (SSSR count). The van der Waals surface area contributed by atoms with E-state index in [1.807, 2.05) is 23.2 Å². The van der Waals surface area contributed by atoms with Gasteiger partial charge in [0.25, 0.3) is 0 Å². The average Bonchev–Trinajstić information content (AvgIpc) is 3.04. The van der Waals surface area contributed by atoms with E-state index in [0.717, 1.165) is 58.1 Å². The topological polar surface area (TPSA) is 65.7 Å². The van der Waals surface area contributed by atoms with Crippen LogP contribution in [-0.4, -0.2) is 73.0 Å². The molecule has 2 aliphatic heterocycles. The Labute approximate surface area is 144 Å². The third-order valence-corrected chi connectivity index (χ3v) is 5.39. The normalized spacial score (nSPS) is 25.2. The fraction of sp³-hybridized carbons (Fsp3) is 0.667. The Morgan fingerprint density at radius 3 is 2.67 bits per heavy atom. The predicted octanol–water partition coefficient (Wildman–Crippen LogP) is 0.791. The molecule has 2 aliphatic rings. The molecule has 0 spiro atoms. The van der Waals surface area contributed by atoms with Crippen LogP contribution in [0.2, 0.25) is 0 Å². The lowest BCUT2D eigenvalue weighted by Gasteiger charge is -2.35. The van der Waals surface area contributed by atoms with Gasteiger partial charge >= 0.3 is 0 Å². The number of carbonyl (C=O) groups is 1. The summed E-state index contributed by atoms with van der Waals surface area (Å²) >= 11 is 0. The zero-order chi connectivity index (χ0) is 17.0. The number of hydrogen-bond acceptors (Lipinski definition) is 5. The molecule has 1 unspecified atom stereocenters. The number of hydrogen-bond donors (Lipinski definition) is 1. The molecule has 0 saturated carbocycles. The first-order chi connectivity index (χ1) is 11.6. The number of piperazine rings is 1. The first kappa shape index (κ1) is 17.2. The monoisotopic (exact) mass is 331 g/mol. The van der Waals surface area contributed by atoms with E-state index >= 15 is 0 Å². The molecule has 1 aromatic heterocycles. The number of nitrogens with zero attached hydrogens (tertiary/aromatic N) is 4. The summed E-state index contributed by atoms with van der Waals surface area (Å²) in [7, 11) is 0. The summed E-state index contributed by atoms with van der Waals surface area (Å²) in [6.07, 6.45) is 3.48. The highest BCUT2D eigenvalue weighted by Gasteiger charge is 2.34. The molecule has 0 bridgehead atoms. The molecule has 1 atom stereocenters. The van der Waals surface area contributed by atoms with Crippen LogP contribution in [0.4, 0.5) is 5.82 Å². The summed E-state index contributed by atoms with van der Waals surface area (Å²) in [5.74, 6) is 1.32. The zero-order valence-corrected chi connectivity index (χ0v) is 14.7. The SMILES string of the molecule is CC1(CN)CCN(C(=O)CCN2CCN(c3ccccn3)CC2)C1. The second-order valence-corrected chi connectivity index (χ2v) is 7.35. The number of aromatic nitrogens is 1. The maximum Gasteiger partial charge on any atom is 0.223 e. The van der Waals surface area contributed by atoms with Gasteiger partial charge in [0, 0.05) is 58.4 Å². The Kier molecular flexibility index (Phi) is 5.36. The van der Waals surface area contributed by atoms with Crippen molar-refractivity contribution in [1.29, 1.82) is 0 Å². The number of carbonyl (C=O) groups excluding carboxylic acids is 1. The maximum atomic E-state index is 12.4. The van der Waals surface area contributed by atoms with Gasteiger partial charge in [-0.3, -0.25) is 9.69 Å². The van der Waals surface area contributed by atoms with Crippen LogP contribution in [0, 0.1) is 5.41 Å². The van der Waals surface area contributed by atoms with Crippen LogP contribution in [0.25, 0.3) is 0 Å². The first-order valence-corrected chi connectivity index (χ1v) is 8.96. The van der Waals surface area contributed by atoms with Crippen molar-refractivity contribution in [2.24, 2.45) is 11.1 Å². The van der Waals surface area contributed by atoms with E-state index in [1.54, 1.807) is 0 Å². The zero-order valence-electron chi connectivity index (χ0n) is 14.7. The molecule has 2 N–H and O–H groups in total. The third kappa shape index (κ3) is 4.05. The van der Waals surface area contributed by atoms with Gasteiger partial charge in [-0.15, -0.1) is 0 Å². The van der Waals surface area contributed by atoms with Crippen LogP contribution >= 0.6 is 0 Å². The van der Waals surface area contributed by atoms with E-state index in [2.05, 4.69) is 27.8 Å². The lowest BCUT2D eigenvalue weighted by Crippen LogP contribution is -2.47. The predicted molar refractivity (Wildman–Crippen MR) is 95.9 cm³/mol. The third-order valence-electron chi connectivity index (χ3n) is 5.39. The quantitative estimate of drug-likeness (QED) is 0.864. The Morgan fingerprint density at radius 1 is 1.25 bits per heavy atom. The minimum absolute atomic E-state index is 0.115. The van der Waals surface area contributed by atoms with Gasteiger partial charge in [-0.05, 0) is 30.5 Å². The molecule has 0 aliphatic carbocycles. The van der Waals surface area contributed by atoms with E-state index in [0.29, 0.717) is 13.0 Å². The summed E-state index contributed by atoms with van der Waals surface area (Å²) < 4.78 is 0. The minimum Gasteiger partial charge on any atom is -0.354 e. The number of anilines is 1. The second-order valence-electron chi connectivity index (χ2n) is 7.35. The standard InChI is InChI=1S/C18H29N5O/c1-18(14-19)6-9-23(15-18)17(24)5-8-21-10-12-22(13-11-21)16-4-2-3-7-20-16/h2-4,7H,5-6,8-15,19H2,1H3. The first-order valence-electron chi connectivity index (χ1n) is 8.96. The fourth-order valence-electron chi connectivity index (χ4n) is 3.56. The largest absolute Gasteiger partial charge is 0.354 e. The van der Waals surface area contributed by atoms with Crippen molar-refractivity contribution < 1.29 is 4.79 Å². The van der Waals surface area contributed by atoms with Crippen molar-refractivity contribution in [2.75, 3.05) is 57.3 Å². The molecular weight excluding hydrogens is 302 g/mol. The van der Waals surface area contributed by atoms with E-state index in [1.165, 1.54) is 0 Å². The summed E-state index contributed by atoms with van der Waals surface area (Å²) in [5, 5.41) is 0. The van der Waals surface area contributed by atoms with E-state index in [-0.39, 0.29) is 11.3 Å². The summed E-state index contributed by atoms with van der Waals surface area (Å²) in [6, 6.07) is 6.03. The Hall–Kier alpha value is -1.66. The highest BCUT2D eigenvalue weighted by Crippen LogP contribution is 2.28. The highest BCUT2D eigenvalue weighted by atomic mass is 16.2. The molecule has 2 saturated heterocycles. The van der Waals surface area contributed by atoms with E-state index in [9.17, 15) is 4.79 Å². The van der Waals surface area contributed by atoms with Crippen molar-refractivity contribution >= 4 is 11.7 Å². The molecule has 24 heavy (non-hydrogen) atoms. The summed E-state index contributed by atoms with van der Waals surface area (Å²) in [6.45, 7) is 9.29. The lowest BCUT2D eigenvalue weighted by atomic mass is 9.90. The van der Waals surface area contributed by atoms with Gasteiger partial charge in [0.15, 0.2) is 0 Å². The van der Waals surface area contributed by atoms with Crippen LogP contribution in [0.1, 0.15) is 19.8 Å². The number of nitrogens with two attached hydrogens (primary N) is 1. The van der Waals surface area contributed by atoms with Gasteiger partial charge < -0.3 is 15.5 Å². The smallest absolute Gasteiger partial charge is 0.223 e. The molecule has 0 aromatic carbocycles. The molecule has 132 valence electrons. The molecule has 6 nitrogen and oxygen atoms in total. The minimum atomic E-state index is 0.115. The van der Waals surface area contributed by atoms with Crippen LogP contribution in [0.3, 0.4) is 0 Å². The Morgan fingerprint density at radius 2 is 2.04 bits per heavy atom. The van der Waals surface area contributed by atoms with Gasteiger partial charge in [-0.1, -0.05) is 13.0 Å². The average molecular weight is 331 g/mol. The van der Waals surface area contributed by atoms with Gasteiger partial charge in [0.2, 0.25) is 5.91 Å². The van der Waals surface area contributed by atoms with Crippen molar-refractivity contribution in [3.05, 3.63) is 24.4 Å². The van der Waals surface area contributed by atoms with E-state index in [4.69, 9.17) is 5.73 Å². The van der Waals surface area contributed by atoms with Gasteiger partial charge in [-0.25, -0.2) is 4.98 Å². The molecule has 1 aromatic rings. The van der Waals surface area contributed by atoms with Gasteiger partial charge in [0.1, 0.15) is 5.82 Å². The van der Waals surface area contributed by atoms with Crippen LogP contribution in [-0.2, 0) is 4.79 Å². The van der Waals surface area contributed by atoms with Gasteiger partial charge in [0.05, 0.1) is 0 Å². The van der Waals surface area contributed by atoms with Crippen LogP contribution in [0.15, 0.2) is 24.4 Å². The van der Waals surface area contributed by atoms with Crippen molar-refractivity contribution in [3.63, 3.8) is 0 Å². The molecule has 3 heterocycles. The summed E-state index contributed by atoms with van der Waals surface area (Å²) in [5.41, 5.74) is 5.94. The Bertz CT molecular complexity index is 544. The number of amides is 1. The fourth-order valence-corrected chi connectivity index (χ4v) is 3.56. The molecule has 2 fully saturated rings. The molecule has 1 amide bonds. The van der Waals surface area contributed by atoms with Crippen molar-refractivity contribution in [2.45, 2.75) is 19.8 Å². The second kappa shape index (κ2) is 7.49. The van der Waals surface area contributed by atoms with Crippen LogP contribution < -0.4 is 10.6 Å². The maximum absolute atomic E-state index is 12.4. The van der Waals surface area contributed by atoms with Gasteiger partial charge in [-0.2, -0.15) is 0 Å².